The normalized spacial score (nSPS) is 18.5. The van der Waals surface area contributed by atoms with Crippen molar-refractivity contribution >= 4 is 15.7 Å². The quantitative estimate of drug-likeness (QED) is 0.734. The molecule has 6 nitrogen and oxygen atoms in total. The summed E-state index contributed by atoms with van der Waals surface area (Å²) in [6.07, 6.45) is 2.55. The van der Waals surface area contributed by atoms with E-state index in [4.69, 9.17) is 4.42 Å². The van der Waals surface area contributed by atoms with E-state index in [9.17, 15) is 13.2 Å². The molecule has 2 heterocycles. The van der Waals surface area contributed by atoms with E-state index in [0.29, 0.717) is 35.4 Å². The lowest BCUT2D eigenvalue weighted by Gasteiger charge is -2.08. The minimum absolute atomic E-state index is 0.0964. The lowest BCUT2D eigenvalue weighted by Crippen LogP contribution is -2.26. The highest BCUT2D eigenvalue weighted by molar-refractivity contribution is 7.91. The van der Waals surface area contributed by atoms with Crippen LogP contribution in [0.2, 0.25) is 0 Å². The molecule has 1 aliphatic rings. The number of nitrogens with zero attached hydrogens (tertiary/aromatic N) is 1. The second-order valence-electron chi connectivity index (χ2n) is 7.33. The molecule has 1 aliphatic heterocycles. The van der Waals surface area contributed by atoms with Crippen LogP contribution in [0.5, 0.6) is 0 Å². The van der Waals surface area contributed by atoms with Crippen molar-refractivity contribution in [1.29, 1.82) is 0 Å². The first-order valence-corrected chi connectivity index (χ1v) is 11.1. The number of benzene rings is 1. The predicted molar refractivity (Wildman–Crippen MR) is 104 cm³/mol. The maximum Gasteiger partial charge on any atom is 0.226 e. The summed E-state index contributed by atoms with van der Waals surface area (Å²) in [4.78, 5) is 16.6. The Morgan fingerprint density at radius 3 is 2.67 bits per heavy atom. The lowest BCUT2D eigenvalue weighted by atomic mass is 10.0. The Hall–Kier alpha value is -2.15. The first-order chi connectivity index (χ1) is 12.8. The van der Waals surface area contributed by atoms with Crippen molar-refractivity contribution in [2.75, 3.05) is 18.1 Å². The lowest BCUT2D eigenvalue weighted by molar-refractivity contribution is -0.120. The fraction of sp³-hybridized carbons (Fsp3) is 0.500. The van der Waals surface area contributed by atoms with Gasteiger partial charge in [-0.25, -0.2) is 13.4 Å². The molecule has 1 aromatic carbocycles. The van der Waals surface area contributed by atoms with Gasteiger partial charge in [0.15, 0.2) is 9.84 Å². The van der Waals surface area contributed by atoms with Crippen LogP contribution in [-0.2, 0) is 21.1 Å². The van der Waals surface area contributed by atoms with E-state index in [1.807, 2.05) is 38.1 Å². The van der Waals surface area contributed by atoms with Crippen LogP contribution in [-0.4, -0.2) is 37.4 Å². The molecule has 27 heavy (non-hydrogen) atoms. The number of sulfone groups is 1. The Labute approximate surface area is 160 Å². The Morgan fingerprint density at radius 1 is 1.26 bits per heavy atom. The highest BCUT2D eigenvalue weighted by atomic mass is 32.2. The molecule has 1 N–H and O–H groups in total. The third kappa shape index (κ3) is 5.42. The first-order valence-electron chi connectivity index (χ1n) is 9.33. The zero-order chi connectivity index (χ0) is 19.4. The van der Waals surface area contributed by atoms with Gasteiger partial charge in [0.05, 0.1) is 23.6 Å². The summed E-state index contributed by atoms with van der Waals surface area (Å²) in [5, 5.41) is 2.89. The maximum absolute atomic E-state index is 12.2. The molecular formula is C20H26N2O4S. The van der Waals surface area contributed by atoms with Crippen LogP contribution in [0.3, 0.4) is 0 Å². The van der Waals surface area contributed by atoms with Gasteiger partial charge in [-0.3, -0.25) is 4.79 Å². The summed E-state index contributed by atoms with van der Waals surface area (Å²) < 4.78 is 28.6. The second kappa shape index (κ2) is 8.25. The Kier molecular flexibility index (Phi) is 5.99. The van der Waals surface area contributed by atoms with Crippen molar-refractivity contribution in [3.05, 3.63) is 41.3 Å². The highest BCUT2D eigenvalue weighted by Gasteiger charge is 2.27. The molecule has 7 heteroatoms. The minimum Gasteiger partial charge on any atom is -0.441 e. The summed E-state index contributed by atoms with van der Waals surface area (Å²) >= 11 is 0. The summed E-state index contributed by atoms with van der Waals surface area (Å²) in [6, 6.07) is 7.90. The van der Waals surface area contributed by atoms with E-state index in [1.54, 1.807) is 0 Å². The van der Waals surface area contributed by atoms with Crippen LogP contribution < -0.4 is 5.32 Å². The van der Waals surface area contributed by atoms with Gasteiger partial charge in [-0.2, -0.15) is 0 Å². The molecule has 0 aliphatic carbocycles. The fourth-order valence-electron chi connectivity index (χ4n) is 3.34. The number of aromatic nitrogens is 1. The third-order valence-corrected chi connectivity index (χ3v) is 6.79. The average Bonchev–Trinajstić information content (AvgIpc) is 3.14. The third-order valence-electron chi connectivity index (χ3n) is 4.96. The van der Waals surface area contributed by atoms with Crippen LogP contribution in [0.4, 0.5) is 0 Å². The van der Waals surface area contributed by atoms with Crippen LogP contribution in [0.1, 0.15) is 36.3 Å². The van der Waals surface area contributed by atoms with Crippen LogP contribution >= 0.6 is 0 Å². The van der Waals surface area contributed by atoms with Gasteiger partial charge in [0.25, 0.3) is 0 Å². The van der Waals surface area contributed by atoms with Crippen molar-refractivity contribution in [3.8, 4) is 11.5 Å². The van der Waals surface area contributed by atoms with Gasteiger partial charge in [-0.15, -0.1) is 0 Å². The average molecular weight is 391 g/mol. The molecule has 0 bridgehead atoms. The number of aryl methyl sites for hydroxylation is 2. The number of oxazole rings is 1. The molecule has 146 valence electrons. The zero-order valence-electron chi connectivity index (χ0n) is 15.8. The van der Waals surface area contributed by atoms with Gasteiger partial charge in [-0.1, -0.05) is 17.7 Å². The van der Waals surface area contributed by atoms with E-state index in [0.717, 1.165) is 30.4 Å². The Bertz CT molecular complexity index is 901. The Morgan fingerprint density at radius 2 is 2.00 bits per heavy atom. The van der Waals surface area contributed by atoms with E-state index in [1.165, 1.54) is 0 Å². The molecule has 1 saturated heterocycles. The molecule has 2 aromatic rings. The number of carbonyl (C=O) groups excluding carboxylic acids is 1. The fourth-order valence-corrected chi connectivity index (χ4v) is 5.26. The number of amides is 1. The topological polar surface area (TPSA) is 89.3 Å². The number of hydrogen-bond donors (Lipinski definition) is 1. The van der Waals surface area contributed by atoms with Gasteiger partial charge >= 0.3 is 0 Å². The zero-order valence-corrected chi connectivity index (χ0v) is 16.6. The summed E-state index contributed by atoms with van der Waals surface area (Å²) in [7, 11) is -2.82. The molecule has 0 spiro atoms. The van der Waals surface area contributed by atoms with Gasteiger partial charge in [0.2, 0.25) is 11.8 Å². The first kappa shape index (κ1) is 19.6. The van der Waals surface area contributed by atoms with Crippen molar-refractivity contribution in [2.45, 2.75) is 39.5 Å². The van der Waals surface area contributed by atoms with Crippen molar-refractivity contribution < 1.29 is 17.6 Å². The van der Waals surface area contributed by atoms with Crippen molar-refractivity contribution in [2.24, 2.45) is 5.92 Å². The van der Waals surface area contributed by atoms with Crippen molar-refractivity contribution in [1.82, 2.24) is 10.3 Å². The highest BCUT2D eigenvalue weighted by Crippen LogP contribution is 2.23. The van der Waals surface area contributed by atoms with Gasteiger partial charge < -0.3 is 9.73 Å². The van der Waals surface area contributed by atoms with Crippen LogP contribution in [0.15, 0.2) is 28.7 Å². The standard InChI is InChI=1S/C20H26N2O4S/c1-14-5-7-17(8-6-14)20-22-18(15(2)26-20)12-19(23)21-10-3-4-16-9-11-27(24,25)13-16/h5-8,16H,3-4,9-13H2,1-2H3,(H,21,23). The minimum atomic E-state index is -2.82. The second-order valence-corrected chi connectivity index (χ2v) is 9.55. The monoisotopic (exact) mass is 390 g/mol. The molecule has 0 saturated carbocycles. The molecule has 1 unspecified atom stereocenters. The SMILES string of the molecule is Cc1ccc(-c2nc(CC(=O)NCCCC3CCS(=O)(=O)C3)c(C)o2)cc1. The van der Waals surface area contributed by atoms with Gasteiger partial charge in [0, 0.05) is 12.1 Å². The molecule has 1 fully saturated rings. The predicted octanol–water partition coefficient (Wildman–Crippen LogP) is 2.83. The molecule has 1 atom stereocenters. The molecule has 1 amide bonds. The van der Waals surface area contributed by atoms with E-state index >= 15 is 0 Å². The number of hydrogen-bond acceptors (Lipinski definition) is 5. The maximum atomic E-state index is 12.2. The number of carbonyl (C=O) groups is 1. The van der Waals surface area contributed by atoms with E-state index in [-0.39, 0.29) is 18.2 Å². The van der Waals surface area contributed by atoms with Crippen molar-refractivity contribution in [3.63, 3.8) is 0 Å². The summed E-state index contributed by atoms with van der Waals surface area (Å²) in [5.74, 6) is 1.91. The Balaban J connectivity index is 1.46. The van der Waals surface area contributed by atoms with Crippen LogP contribution in [0.25, 0.3) is 11.5 Å². The number of nitrogens with one attached hydrogen (secondary N) is 1. The smallest absolute Gasteiger partial charge is 0.226 e. The molecule has 3 rings (SSSR count). The molecule has 1 aromatic heterocycles. The molecular weight excluding hydrogens is 364 g/mol. The van der Waals surface area contributed by atoms with E-state index < -0.39 is 9.84 Å². The van der Waals surface area contributed by atoms with E-state index in [2.05, 4.69) is 10.3 Å². The number of rotatable bonds is 7. The largest absolute Gasteiger partial charge is 0.441 e. The summed E-state index contributed by atoms with van der Waals surface area (Å²) in [5.41, 5.74) is 2.70. The summed E-state index contributed by atoms with van der Waals surface area (Å²) in [6.45, 7) is 4.39. The van der Waals surface area contributed by atoms with Crippen LogP contribution in [0, 0.1) is 19.8 Å². The molecule has 0 radical (unpaired) electrons. The van der Waals surface area contributed by atoms with Gasteiger partial charge in [0.1, 0.15) is 5.76 Å². The van der Waals surface area contributed by atoms with Gasteiger partial charge in [-0.05, 0) is 51.2 Å².